The first kappa shape index (κ1) is 41.3. The van der Waals surface area contributed by atoms with Crippen molar-refractivity contribution in [3.05, 3.63) is 90.5 Å². The number of rotatable bonds is 5. The van der Waals surface area contributed by atoms with Crippen LogP contribution in [0.5, 0.6) is 0 Å². The van der Waals surface area contributed by atoms with Crippen LogP contribution in [0, 0.1) is 0 Å². The molecular formula is C30H23F15O3S2. The van der Waals surface area contributed by atoms with Gasteiger partial charge in [0.1, 0.15) is 10.1 Å². The Bertz CT molecular complexity index is 1690. The van der Waals surface area contributed by atoms with Gasteiger partial charge in [0.25, 0.3) is 4.75 Å². The Morgan fingerprint density at radius 3 is 1.10 bits per heavy atom. The number of hydrogen-bond donors (Lipinski definition) is 0. The first-order valence-corrected chi connectivity index (χ1v) is 16.2. The average molecular weight is 781 g/mol. The summed E-state index contributed by atoms with van der Waals surface area (Å²) in [7, 11) is -9.00. The molecule has 0 spiro atoms. The summed E-state index contributed by atoms with van der Waals surface area (Å²) in [6, 6.07) is 30.7. The lowest BCUT2D eigenvalue weighted by Gasteiger charge is -2.58. The van der Waals surface area contributed by atoms with Crippen molar-refractivity contribution >= 4 is 21.0 Å². The van der Waals surface area contributed by atoms with Gasteiger partial charge in [-0.2, -0.15) is 65.9 Å². The van der Waals surface area contributed by atoms with Crippen LogP contribution in [-0.2, 0) is 26.4 Å². The second-order valence-corrected chi connectivity index (χ2v) is 15.3. The van der Waals surface area contributed by atoms with E-state index in [1.807, 2.05) is 0 Å². The molecule has 0 N–H and O–H groups in total. The van der Waals surface area contributed by atoms with Crippen LogP contribution in [0.2, 0.25) is 0 Å². The molecule has 0 radical (unpaired) electrons. The van der Waals surface area contributed by atoms with Crippen molar-refractivity contribution in [2.24, 2.45) is 0 Å². The van der Waals surface area contributed by atoms with Gasteiger partial charge in [-0.3, -0.25) is 0 Å². The van der Waals surface area contributed by atoms with Gasteiger partial charge in [0.15, 0.2) is 14.7 Å². The first-order valence-electron chi connectivity index (χ1n) is 13.5. The maximum absolute atomic E-state index is 13.6. The Labute approximate surface area is 277 Å². The second-order valence-electron chi connectivity index (χ2n) is 11.8. The predicted molar refractivity (Wildman–Crippen MR) is 148 cm³/mol. The van der Waals surface area contributed by atoms with Gasteiger partial charge in [0, 0.05) is 0 Å². The largest absolute Gasteiger partial charge is 0.747 e. The van der Waals surface area contributed by atoms with E-state index in [-0.39, 0.29) is 16.3 Å². The molecule has 1 fully saturated rings. The summed E-state index contributed by atoms with van der Waals surface area (Å²) in [5, 5.41) is 0. The molecular weight excluding hydrogens is 757 g/mol. The van der Waals surface area contributed by atoms with E-state index in [0.717, 1.165) is 0 Å². The zero-order valence-corrected chi connectivity index (χ0v) is 26.9. The molecule has 3 aromatic rings. The van der Waals surface area contributed by atoms with Crippen molar-refractivity contribution in [1.29, 1.82) is 0 Å². The lowest BCUT2D eigenvalue weighted by atomic mass is 9.70. The minimum atomic E-state index is -8.95. The molecule has 0 bridgehead atoms. The molecule has 1 aliphatic rings. The van der Waals surface area contributed by atoms with Gasteiger partial charge in [-0.25, -0.2) is 8.42 Å². The van der Waals surface area contributed by atoms with Crippen LogP contribution in [0.15, 0.2) is 99.6 Å². The molecule has 0 amide bonds. The van der Waals surface area contributed by atoms with Crippen molar-refractivity contribution in [2.45, 2.75) is 87.3 Å². The molecule has 0 aromatic heterocycles. The second kappa shape index (κ2) is 12.5. The van der Waals surface area contributed by atoms with Gasteiger partial charge < -0.3 is 4.55 Å². The summed E-state index contributed by atoms with van der Waals surface area (Å²) < 4.78 is 219. The van der Waals surface area contributed by atoms with Crippen LogP contribution in [0.3, 0.4) is 0 Å². The van der Waals surface area contributed by atoms with Crippen LogP contribution in [-0.4, -0.2) is 59.4 Å². The molecule has 0 unspecified atom stereocenters. The van der Waals surface area contributed by atoms with Crippen LogP contribution >= 0.6 is 0 Å². The molecule has 4 rings (SSSR count). The predicted octanol–water partition coefficient (Wildman–Crippen LogP) is 9.74. The van der Waals surface area contributed by atoms with E-state index in [2.05, 4.69) is 106 Å². The third-order valence-electron chi connectivity index (χ3n) is 7.55. The zero-order valence-electron chi connectivity index (χ0n) is 25.3. The van der Waals surface area contributed by atoms with Crippen molar-refractivity contribution in [3.63, 3.8) is 0 Å². The van der Waals surface area contributed by atoms with Crippen molar-refractivity contribution in [2.75, 3.05) is 0 Å². The lowest BCUT2D eigenvalue weighted by molar-refractivity contribution is -0.483. The number of hydrogen-bond acceptors (Lipinski definition) is 3. The van der Waals surface area contributed by atoms with Crippen LogP contribution in [0.25, 0.3) is 0 Å². The standard InChI is InChI=1S/C22H23S.C8HF15O3S/c1-22(2,3)18-14-16-21(17-15-18)23(19-10-6-4-7-11-19)20-12-8-5-9-13-20;9-2(10)1(27(24,25)26,4(13,14)8(21,22)23)3(11,12)6(17,18)7(19,20)5(2,15)16/h4-17H,1-3H3;(H,24,25,26)/q+1;/p-1. The molecule has 1 aliphatic carbocycles. The van der Waals surface area contributed by atoms with Gasteiger partial charge in [-0.15, -0.1) is 0 Å². The molecule has 0 heterocycles. The summed E-state index contributed by atoms with van der Waals surface area (Å²) in [5.41, 5.74) is 1.57. The zero-order chi connectivity index (χ0) is 38.8. The van der Waals surface area contributed by atoms with E-state index in [0.29, 0.717) is 0 Å². The van der Waals surface area contributed by atoms with Gasteiger partial charge in [0.2, 0.25) is 0 Å². The summed E-state index contributed by atoms with van der Waals surface area (Å²) in [6.07, 6.45) is -8.09. The van der Waals surface area contributed by atoms with Crippen LogP contribution < -0.4 is 0 Å². The maximum Gasteiger partial charge on any atom is 0.455 e. The Morgan fingerprint density at radius 2 is 0.820 bits per heavy atom. The molecule has 1 saturated carbocycles. The van der Waals surface area contributed by atoms with Crippen LogP contribution in [0.4, 0.5) is 65.9 Å². The topological polar surface area (TPSA) is 57.2 Å². The van der Waals surface area contributed by atoms with Gasteiger partial charge in [0.05, 0.1) is 10.9 Å². The minimum absolute atomic E-state index is 0.0497. The molecule has 3 aromatic carbocycles. The average Bonchev–Trinajstić information content (AvgIpc) is 2.96. The van der Waals surface area contributed by atoms with Gasteiger partial charge in [-0.05, 0) is 47.4 Å². The number of halogens is 15. The molecule has 278 valence electrons. The van der Waals surface area contributed by atoms with Gasteiger partial charge >= 0.3 is 41.7 Å². The third kappa shape index (κ3) is 5.81. The molecule has 0 aliphatic heterocycles. The van der Waals surface area contributed by atoms with Gasteiger partial charge in [-0.1, -0.05) is 69.3 Å². The van der Waals surface area contributed by atoms with Crippen molar-refractivity contribution in [3.8, 4) is 0 Å². The molecule has 0 saturated heterocycles. The summed E-state index contributed by atoms with van der Waals surface area (Å²) in [6.45, 7) is 6.78. The molecule has 0 atom stereocenters. The fourth-order valence-corrected chi connectivity index (χ4v) is 8.31. The van der Waals surface area contributed by atoms with E-state index in [1.54, 1.807) is 0 Å². The maximum atomic E-state index is 13.6. The third-order valence-corrected chi connectivity index (χ3v) is 11.3. The van der Waals surface area contributed by atoms with Crippen LogP contribution in [0.1, 0.15) is 26.3 Å². The van der Waals surface area contributed by atoms with E-state index in [4.69, 9.17) is 0 Å². The Balaban J connectivity index is 0.000000273. The first-order chi connectivity index (χ1) is 22.3. The normalized spacial score (nSPS) is 20.8. The highest BCUT2D eigenvalue weighted by Gasteiger charge is 3.07. The minimum Gasteiger partial charge on any atom is -0.747 e. The van der Waals surface area contributed by atoms with E-state index in [1.165, 1.54) is 20.2 Å². The van der Waals surface area contributed by atoms with E-state index < -0.39 is 56.6 Å². The number of benzene rings is 3. The monoisotopic (exact) mass is 780 g/mol. The van der Waals surface area contributed by atoms with Crippen molar-refractivity contribution < 1.29 is 78.8 Å². The fraction of sp³-hybridized carbons (Fsp3) is 0.400. The SMILES string of the molecule is CC(C)(C)c1ccc([S+](c2ccccc2)c2ccccc2)cc1.O=S(=O)([O-])C1(C(F)(F)C(F)(F)F)C(F)(F)C(F)(F)C(F)(F)C(F)(F)C1(F)F. The quantitative estimate of drug-likeness (QED) is 0.147. The smallest absolute Gasteiger partial charge is 0.455 e. The fourth-order valence-electron chi connectivity index (χ4n) is 4.91. The lowest BCUT2D eigenvalue weighted by Crippen LogP contribution is -2.91. The van der Waals surface area contributed by atoms with E-state index in [9.17, 15) is 78.8 Å². The highest BCUT2D eigenvalue weighted by atomic mass is 32.2. The Hall–Kier alpha value is -3.13. The number of alkyl halides is 15. The Kier molecular flexibility index (Phi) is 10.3. The molecule has 3 nitrogen and oxygen atoms in total. The molecule has 50 heavy (non-hydrogen) atoms. The highest BCUT2D eigenvalue weighted by Crippen LogP contribution is 2.74. The highest BCUT2D eigenvalue weighted by molar-refractivity contribution is 7.97. The Morgan fingerprint density at radius 1 is 0.520 bits per heavy atom. The summed E-state index contributed by atoms with van der Waals surface area (Å²) in [4.78, 5) is 4.10. The molecule has 20 heteroatoms. The van der Waals surface area contributed by atoms with Crippen molar-refractivity contribution in [1.82, 2.24) is 0 Å². The summed E-state index contributed by atoms with van der Waals surface area (Å²) >= 11 is 0. The summed E-state index contributed by atoms with van der Waals surface area (Å²) in [5.74, 6) is -50.3. The van der Waals surface area contributed by atoms with E-state index >= 15 is 0 Å².